The second-order valence-corrected chi connectivity index (χ2v) is 2.88. The van der Waals surface area contributed by atoms with Crippen molar-refractivity contribution in [3.05, 3.63) is 0 Å². The van der Waals surface area contributed by atoms with Crippen molar-refractivity contribution in [1.29, 1.82) is 0 Å². The van der Waals surface area contributed by atoms with Gasteiger partial charge in [-0.05, 0) is 18.8 Å². The van der Waals surface area contributed by atoms with Crippen LogP contribution in [0.4, 0.5) is 0 Å². The standard InChI is InChI=1S/C6H14N2/c1-5-2-3-6(5,8)4-7/h5H,2-4,7-8H2,1H3. The molecule has 1 aliphatic carbocycles. The highest BCUT2D eigenvalue weighted by Crippen LogP contribution is 2.34. The van der Waals surface area contributed by atoms with Crippen molar-refractivity contribution in [2.45, 2.75) is 25.3 Å². The average Bonchev–Trinajstić information content (AvgIpc) is 1.83. The molecule has 0 saturated heterocycles. The normalized spacial score (nSPS) is 46.1. The van der Waals surface area contributed by atoms with Crippen LogP contribution in [0.25, 0.3) is 0 Å². The average molecular weight is 114 g/mol. The Bertz CT molecular complexity index is 88.5. The summed E-state index contributed by atoms with van der Waals surface area (Å²) in [6.45, 7) is 2.81. The summed E-state index contributed by atoms with van der Waals surface area (Å²) in [6, 6.07) is 0. The van der Waals surface area contributed by atoms with Crippen LogP contribution in [0.2, 0.25) is 0 Å². The van der Waals surface area contributed by atoms with Crippen molar-refractivity contribution in [2.24, 2.45) is 17.4 Å². The zero-order valence-electron chi connectivity index (χ0n) is 5.35. The first-order valence-corrected chi connectivity index (χ1v) is 3.18. The first-order valence-electron chi connectivity index (χ1n) is 3.18. The van der Waals surface area contributed by atoms with Crippen molar-refractivity contribution >= 4 is 0 Å². The van der Waals surface area contributed by atoms with Crippen LogP contribution in [0.15, 0.2) is 0 Å². The highest BCUT2D eigenvalue weighted by atomic mass is 14.8. The molecule has 1 aliphatic rings. The molecule has 1 fully saturated rings. The summed E-state index contributed by atoms with van der Waals surface area (Å²) in [7, 11) is 0. The van der Waals surface area contributed by atoms with E-state index in [-0.39, 0.29) is 5.54 Å². The maximum atomic E-state index is 5.82. The minimum absolute atomic E-state index is 0. The Hall–Kier alpha value is -0.0800. The molecule has 4 N–H and O–H groups in total. The summed E-state index contributed by atoms with van der Waals surface area (Å²) in [4.78, 5) is 0. The van der Waals surface area contributed by atoms with Gasteiger partial charge in [0.15, 0.2) is 0 Å². The van der Waals surface area contributed by atoms with Gasteiger partial charge in [-0.3, -0.25) is 0 Å². The Morgan fingerprint density at radius 3 is 2.38 bits per heavy atom. The molecule has 0 aromatic rings. The van der Waals surface area contributed by atoms with Crippen LogP contribution in [-0.2, 0) is 0 Å². The number of hydrogen-bond acceptors (Lipinski definition) is 2. The third kappa shape index (κ3) is 0.644. The Kier molecular flexibility index (Phi) is 1.29. The fourth-order valence-electron chi connectivity index (χ4n) is 1.11. The molecule has 1 rings (SSSR count). The smallest absolute Gasteiger partial charge is 0.0304 e. The van der Waals surface area contributed by atoms with Crippen LogP contribution in [0.5, 0.6) is 0 Å². The van der Waals surface area contributed by atoms with Crippen molar-refractivity contribution in [1.82, 2.24) is 0 Å². The van der Waals surface area contributed by atoms with E-state index < -0.39 is 0 Å². The Morgan fingerprint density at radius 1 is 1.75 bits per heavy atom. The number of nitrogens with two attached hydrogens (primary N) is 2. The van der Waals surface area contributed by atoms with Gasteiger partial charge in [0.05, 0.1) is 0 Å². The van der Waals surface area contributed by atoms with E-state index in [0.717, 1.165) is 6.42 Å². The molecular formula is C6H14N2. The zero-order chi connectivity index (χ0) is 6.20. The first kappa shape index (κ1) is 6.05. The van der Waals surface area contributed by atoms with Gasteiger partial charge < -0.3 is 11.5 Å². The molecule has 48 valence electrons. The third-order valence-electron chi connectivity index (χ3n) is 2.40. The van der Waals surface area contributed by atoms with Gasteiger partial charge in [0, 0.05) is 12.1 Å². The summed E-state index contributed by atoms with van der Waals surface area (Å²) in [5, 5.41) is 0. The van der Waals surface area contributed by atoms with Crippen LogP contribution in [0.3, 0.4) is 0 Å². The lowest BCUT2D eigenvalue weighted by Crippen LogP contribution is -2.58. The SMILES string of the molecule is CC1CCC1(N)CN. The predicted molar refractivity (Wildman–Crippen MR) is 34.4 cm³/mol. The van der Waals surface area contributed by atoms with Crippen LogP contribution in [0, 0.1) is 5.92 Å². The maximum Gasteiger partial charge on any atom is 0.0304 e. The third-order valence-corrected chi connectivity index (χ3v) is 2.40. The van der Waals surface area contributed by atoms with Crippen LogP contribution in [0.1, 0.15) is 19.8 Å². The van der Waals surface area contributed by atoms with E-state index in [0.29, 0.717) is 12.5 Å². The van der Waals surface area contributed by atoms with E-state index in [2.05, 4.69) is 6.92 Å². The molecule has 2 nitrogen and oxygen atoms in total. The summed E-state index contributed by atoms with van der Waals surface area (Å²) in [5.74, 6) is 0.646. The first-order chi connectivity index (χ1) is 3.69. The molecule has 0 bridgehead atoms. The van der Waals surface area contributed by atoms with Crippen molar-refractivity contribution in [2.75, 3.05) is 6.54 Å². The van der Waals surface area contributed by atoms with Gasteiger partial charge in [0.1, 0.15) is 0 Å². The minimum atomic E-state index is 0. The summed E-state index contributed by atoms with van der Waals surface area (Å²) in [5.41, 5.74) is 11.3. The summed E-state index contributed by atoms with van der Waals surface area (Å²) in [6.07, 6.45) is 2.37. The van der Waals surface area contributed by atoms with Gasteiger partial charge in [0.25, 0.3) is 0 Å². The molecule has 0 amide bonds. The van der Waals surface area contributed by atoms with Crippen molar-refractivity contribution in [3.63, 3.8) is 0 Å². The lowest BCUT2D eigenvalue weighted by molar-refractivity contribution is 0.153. The van der Waals surface area contributed by atoms with E-state index >= 15 is 0 Å². The van der Waals surface area contributed by atoms with E-state index in [9.17, 15) is 0 Å². The van der Waals surface area contributed by atoms with E-state index in [4.69, 9.17) is 11.5 Å². The zero-order valence-corrected chi connectivity index (χ0v) is 5.35. The van der Waals surface area contributed by atoms with Gasteiger partial charge in [-0.25, -0.2) is 0 Å². The fraction of sp³-hybridized carbons (Fsp3) is 1.00. The van der Waals surface area contributed by atoms with Gasteiger partial charge in [-0.15, -0.1) is 0 Å². The van der Waals surface area contributed by atoms with Crippen LogP contribution >= 0.6 is 0 Å². The van der Waals surface area contributed by atoms with Gasteiger partial charge in [0.2, 0.25) is 0 Å². The lowest BCUT2D eigenvalue weighted by atomic mass is 9.68. The van der Waals surface area contributed by atoms with E-state index in [1.807, 2.05) is 0 Å². The quantitative estimate of drug-likeness (QED) is 0.507. The Morgan fingerprint density at radius 2 is 2.38 bits per heavy atom. The van der Waals surface area contributed by atoms with E-state index in [1.165, 1.54) is 6.42 Å². The molecule has 2 atom stereocenters. The molecule has 0 aliphatic heterocycles. The molecule has 0 aromatic carbocycles. The molecular weight excluding hydrogens is 100 g/mol. The molecule has 0 aromatic heterocycles. The highest BCUT2D eigenvalue weighted by Gasteiger charge is 2.38. The second-order valence-electron chi connectivity index (χ2n) is 2.88. The Labute approximate surface area is 50.2 Å². The molecule has 0 heterocycles. The van der Waals surface area contributed by atoms with Crippen molar-refractivity contribution in [3.8, 4) is 0 Å². The molecule has 2 unspecified atom stereocenters. The monoisotopic (exact) mass is 114 g/mol. The Balaban J connectivity index is 2.42. The van der Waals surface area contributed by atoms with Gasteiger partial charge in [-0.1, -0.05) is 6.92 Å². The number of hydrogen-bond donors (Lipinski definition) is 2. The predicted octanol–water partition coefficient (Wildman–Crippen LogP) is 0.0725. The van der Waals surface area contributed by atoms with Gasteiger partial charge >= 0.3 is 0 Å². The minimum Gasteiger partial charge on any atom is -0.329 e. The van der Waals surface area contributed by atoms with Gasteiger partial charge in [-0.2, -0.15) is 0 Å². The van der Waals surface area contributed by atoms with E-state index in [1.54, 1.807) is 0 Å². The second kappa shape index (κ2) is 1.71. The molecule has 8 heavy (non-hydrogen) atoms. The highest BCUT2D eigenvalue weighted by molar-refractivity contribution is 4.98. The number of rotatable bonds is 1. The summed E-state index contributed by atoms with van der Waals surface area (Å²) >= 11 is 0. The molecule has 0 radical (unpaired) electrons. The van der Waals surface area contributed by atoms with Crippen LogP contribution in [-0.4, -0.2) is 12.1 Å². The molecule has 2 heteroatoms. The largest absolute Gasteiger partial charge is 0.329 e. The molecule has 0 spiro atoms. The maximum absolute atomic E-state index is 5.82. The topological polar surface area (TPSA) is 52.0 Å². The lowest BCUT2D eigenvalue weighted by Gasteiger charge is -2.44. The van der Waals surface area contributed by atoms with Crippen LogP contribution < -0.4 is 11.5 Å². The fourth-order valence-corrected chi connectivity index (χ4v) is 1.11. The summed E-state index contributed by atoms with van der Waals surface area (Å²) < 4.78 is 0. The van der Waals surface area contributed by atoms with Crippen molar-refractivity contribution < 1.29 is 0 Å². The molecule has 1 saturated carbocycles.